The maximum absolute atomic E-state index is 11.9. The van der Waals surface area contributed by atoms with Crippen LogP contribution in [0.15, 0.2) is 30.3 Å². The van der Waals surface area contributed by atoms with Crippen LogP contribution in [0, 0.1) is 0 Å². The second kappa shape index (κ2) is 7.78. The van der Waals surface area contributed by atoms with Crippen molar-refractivity contribution in [3.05, 3.63) is 35.9 Å². The molecule has 0 aromatic heterocycles. The van der Waals surface area contributed by atoms with E-state index >= 15 is 0 Å². The maximum atomic E-state index is 11.9. The molecule has 0 unspecified atom stereocenters. The zero-order valence-electron chi connectivity index (χ0n) is 12.5. The molecule has 1 fully saturated rings. The Labute approximate surface area is 125 Å². The third kappa shape index (κ3) is 5.95. The summed E-state index contributed by atoms with van der Waals surface area (Å²) in [5.74, 6) is -0.252. The van der Waals surface area contributed by atoms with E-state index in [9.17, 15) is 9.59 Å². The van der Waals surface area contributed by atoms with Crippen molar-refractivity contribution in [2.45, 2.75) is 38.8 Å². The Morgan fingerprint density at radius 3 is 2.57 bits per heavy atom. The quantitative estimate of drug-likeness (QED) is 0.806. The lowest BCUT2D eigenvalue weighted by molar-refractivity contribution is -0.121. The van der Waals surface area contributed by atoms with Crippen LogP contribution in [0.4, 0.5) is 4.79 Å². The highest BCUT2D eigenvalue weighted by Gasteiger charge is 2.24. The summed E-state index contributed by atoms with van der Waals surface area (Å²) in [6.07, 6.45) is 2.99. The monoisotopic (exact) mass is 289 g/mol. The molecule has 21 heavy (non-hydrogen) atoms. The van der Waals surface area contributed by atoms with Gasteiger partial charge in [0.05, 0.1) is 6.54 Å². The van der Waals surface area contributed by atoms with Gasteiger partial charge in [0.2, 0.25) is 5.91 Å². The van der Waals surface area contributed by atoms with Crippen molar-refractivity contribution < 1.29 is 9.59 Å². The largest absolute Gasteiger partial charge is 0.335 e. The van der Waals surface area contributed by atoms with Crippen LogP contribution in [0.5, 0.6) is 0 Å². The lowest BCUT2D eigenvalue weighted by Gasteiger charge is -2.21. The molecule has 3 amide bonds. The molecule has 2 N–H and O–H groups in total. The van der Waals surface area contributed by atoms with Crippen LogP contribution < -0.4 is 10.6 Å². The molecule has 1 aliphatic carbocycles. The summed E-state index contributed by atoms with van der Waals surface area (Å²) in [7, 11) is 0. The number of nitrogens with one attached hydrogen (secondary N) is 2. The van der Waals surface area contributed by atoms with Gasteiger partial charge in [0, 0.05) is 12.6 Å². The number of carbonyl (C=O) groups excluding carboxylic acids is 2. The van der Waals surface area contributed by atoms with Gasteiger partial charge in [-0.3, -0.25) is 15.0 Å². The minimum absolute atomic E-state index is 0.237. The highest BCUT2D eigenvalue weighted by atomic mass is 16.2. The Morgan fingerprint density at radius 2 is 1.95 bits per heavy atom. The Kier molecular flexibility index (Phi) is 5.75. The van der Waals surface area contributed by atoms with Crippen LogP contribution in [0.1, 0.15) is 31.7 Å². The van der Waals surface area contributed by atoms with Gasteiger partial charge in [-0.25, -0.2) is 4.79 Å². The molecule has 1 aliphatic rings. The minimum atomic E-state index is -0.376. The molecule has 1 aromatic rings. The third-order valence-electron chi connectivity index (χ3n) is 3.32. The summed E-state index contributed by atoms with van der Waals surface area (Å²) in [5, 5.41) is 5.15. The summed E-state index contributed by atoms with van der Waals surface area (Å²) in [4.78, 5) is 25.5. The molecule has 5 heteroatoms. The summed E-state index contributed by atoms with van der Waals surface area (Å²) in [6.45, 7) is 3.86. The molecular formula is C16H23N3O2. The number of rotatable bonds is 7. The Bertz CT molecular complexity index is 472. The highest BCUT2D eigenvalue weighted by molar-refractivity contribution is 5.95. The number of hydrogen-bond donors (Lipinski definition) is 2. The topological polar surface area (TPSA) is 61.4 Å². The van der Waals surface area contributed by atoms with Crippen molar-refractivity contribution in [1.82, 2.24) is 15.5 Å². The second-order valence-corrected chi connectivity index (χ2v) is 5.49. The van der Waals surface area contributed by atoms with Crippen molar-refractivity contribution in [3.63, 3.8) is 0 Å². The molecule has 0 aliphatic heterocycles. The van der Waals surface area contributed by atoms with Crippen LogP contribution in [0.2, 0.25) is 0 Å². The molecule has 0 saturated heterocycles. The van der Waals surface area contributed by atoms with Gasteiger partial charge in [-0.15, -0.1) is 0 Å². The Hall–Kier alpha value is -1.88. The van der Waals surface area contributed by atoms with Gasteiger partial charge < -0.3 is 5.32 Å². The van der Waals surface area contributed by atoms with Crippen molar-refractivity contribution in [2.75, 3.05) is 13.1 Å². The van der Waals surface area contributed by atoms with Gasteiger partial charge in [0.15, 0.2) is 0 Å². The molecule has 2 rings (SSSR count). The maximum Gasteiger partial charge on any atom is 0.321 e. The fraction of sp³-hybridized carbons (Fsp3) is 0.500. The van der Waals surface area contributed by atoms with Crippen LogP contribution in [-0.2, 0) is 11.3 Å². The molecule has 1 aromatic carbocycles. The van der Waals surface area contributed by atoms with Gasteiger partial charge >= 0.3 is 6.03 Å². The molecule has 0 spiro atoms. The normalized spacial score (nSPS) is 14.0. The molecule has 0 radical (unpaired) electrons. The van der Waals surface area contributed by atoms with Gasteiger partial charge in [-0.2, -0.15) is 0 Å². The second-order valence-electron chi connectivity index (χ2n) is 5.49. The minimum Gasteiger partial charge on any atom is -0.335 e. The Morgan fingerprint density at radius 1 is 1.24 bits per heavy atom. The van der Waals surface area contributed by atoms with Crippen molar-refractivity contribution in [1.29, 1.82) is 0 Å². The van der Waals surface area contributed by atoms with Crippen molar-refractivity contribution >= 4 is 11.9 Å². The lowest BCUT2D eigenvalue weighted by Crippen LogP contribution is -2.45. The van der Waals surface area contributed by atoms with E-state index in [0.717, 1.165) is 25.8 Å². The van der Waals surface area contributed by atoms with E-state index in [1.807, 2.05) is 30.3 Å². The number of imide groups is 1. The number of benzene rings is 1. The van der Waals surface area contributed by atoms with E-state index in [-0.39, 0.29) is 24.5 Å². The summed E-state index contributed by atoms with van der Waals surface area (Å²) < 4.78 is 0. The SMILES string of the molecule is CCCN(CC(=O)NC(=O)NC1CC1)Cc1ccccc1. The predicted octanol–water partition coefficient (Wildman–Crippen LogP) is 1.89. The van der Waals surface area contributed by atoms with E-state index < -0.39 is 0 Å². The molecule has 114 valence electrons. The molecule has 1 saturated carbocycles. The predicted molar refractivity (Wildman–Crippen MR) is 81.7 cm³/mol. The van der Waals surface area contributed by atoms with Crippen LogP contribution >= 0.6 is 0 Å². The van der Waals surface area contributed by atoms with Crippen molar-refractivity contribution in [2.24, 2.45) is 0 Å². The fourth-order valence-electron chi connectivity index (χ4n) is 2.19. The standard InChI is InChI=1S/C16H23N3O2/c1-2-10-19(11-13-6-4-3-5-7-13)12-15(20)18-16(21)17-14-8-9-14/h3-7,14H,2,8-12H2,1H3,(H2,17,18,20,21). The molecule has 5 nitrogen and oxygen atoms in total. The van der Waals surface area contributed by atoms with E-state index in [4.69, 9.17) is 0 Å². The van der Waals surface area contributed by atoms with Crippen LogP contribution in [0.25, 0.3) is 0 Å². The summed E-state index contributed by atoms with van der Waals surface area (Å²) in [6, 6.07) is 9.92. The van der Waals surface area contributed by atoms with Gasteiger partial charge in [-0.1, -0.05) is 37.3 Å². The number of urea groups is 1. The van der Waals surface area contributed by atoms with Crippen LogP contribution in [-0.4, -0.2) is 36.0 Å². The zero-order chi connectivity index (χ0) is 15.1. The number of nitrogens with zero attached hydrogens (tertiary/aromatic N) is 1. The molecule has 0 bridgehead atoms. The average Bonchev–Trinajstić information content (AvgIpc) is 3.23. The van der Waals surface area contributed by atoms with Gasteiger partial charge in [-0.05, 0) is 31.4 Å². The van der Waals surface area contributed by atoms with Gasteiger partial charge in [0.1, 0.15) is 0 Å². The first kappa shape index (κ1) is 15.5. The first-order valence-electron chi connectivity index (χ1n) is 7.54. The van der Waals surface area contributed by atoms with E-state index in [1.54, 1.807) is 0 Å². The number of carbonyl (C=O) groups is 2. The highest BCUT2D eigenvalue weighted by Crippen LogP contribution is 2.18. The van der Waals surface area contributed by atoms with Gasteiger partial charge in [0.25, 0.3) is 0 Å². The fourth-order valence-corrected chi connectivity index (χ4v) is 2.19. The number of hydrogen-bond acceptors (Lipinski definition) is 3. The molecule has 0 atom stereocenters. The number of amides is 3. The molecule has 0 heterocycles. The van der Waals surface area contributed by atoms with Crippen LogP contribution in [0.3, 0.4) is 0 Å². The van der Waals surface area contributed by atoms with E-state index in [1.165, 1.54) is 5.56 Å². The third-order valence-corrected chi connectivity index (χ3v) is 3.32. The smallest absolute Gasteiger partial charge is 0.321 e. The zero-order valence-corrected chi connectivity index (χ0v) is 12.5. The van der Waals surface area contributed by atoms with Crippen molar-refractivity contribution in [3.8, 4) is 0 Å². The average molecular weight is 289 g/mol. The summed E-state index contributed by atoms with van der Waals surface area (Å²) in [5.41, 5.74) is 1.17. The molecular weight excluding hydrogens is 266 g/mol. The Balaban J connectivity index is 1.80. The lowest BCUT2D eigenvalue weighted by atomic mass is 10.2. The first-order valence-corrected chi connectivity index (χ1v) is 7.54. The van der Waals surface area contributed by atoms with E-state index in [2.05, 4.69) is 22.5 Å². The first-order chi connectivity index (χ1) is 10.2. The van der Waals surface area contributed by atoms with E-state index in [0.29, 0.717) is 6.54 Å². The summed E-state index contributed by atoms with van der Waals surface area (Å²) >= 11 is 0.